The minimum absolute atomic E-state index is 0.0392. The van der Waals surface area contributed by atoms with Crippen molar-refractivity contribution in [1.29, 1.82) is 0 Å². The van der Waals surface area contributed by atoms with Gasteiger partial charge in [0.05, 0.1) is 30.0 Å². The summed E-state index contributed by atoms with van der Waals surface area (Å²) in [7, 11) is 0. The highest BCUT2D eigenvalue weighted by Gasteiger charge is 2.69. The third-order valence-corrected chi connectivity index (χ3v) is 13.6. The second-order valence-corrected chi connectivity index (χ2v) is 15.3. The highest BCUT2D eigenvalue weighted by atomic mass is 16.5. The lowest BCUT2D eigenvalue weighted by molar-refractivity contribution is -0.193. The van der Waals surface area contributed by atoms with Crippen LogP contribution in [0, 0.1) is 46.3 Å². The van der Waals surface area contributed by atoms with E-state index >= 15 is 0 Å². The van der Waals surface area contributed by atoms with Crippen LogP contribution in [0.1, 0.15) is 105 Å². The van der Waals surface area contributed by atoms with Gasteiger partial charge in [-0.25, -0.2) is 0 Å². The van der Waals surface area contributed by atoms with E-state index < -0.39 is 34.9 Å². The number of carbonyl (C=O) groups is 1. The van der Waals surface area contributed by atoms with Gasteiger partial charge in [0.1, 0.15) is 6.10 Å². The molecule has 1 aliphatic heterocycles. The molecule has 6 rings (SSSR count). The highest BCUT2D eigenvalue weighted by Crippen LogP contribution is 2.68. The standard InChI is InChI=1S/C33H52O6/c1-19-22(20-8-6-5-7-9-20)18-39-28(19)29(36)32(4,37)27-12-15-33(38)24-17-26(35)25-16-21(34)10-13-30(25,2)23(24)11-14-31(27,33)3/h17,19-23,25,27-29,34,36-38H,5-16,18H2,1-4H3/t19-,21+,22+,23+,25+,27+,28+,29-,30-,31-,32+,33-/m1/s1. The number of aliphatic hydroxyl groups is 4. The molecule has 0 radical (unpaired) electrons. The number of allylic oxidation sites excluding steroid dienone is 1. The molecule has 1 saturated heterocycles. The summed E-state index contributed by atoms with van der Waals surface area (Å²) in [5.74, 6) is 0.880. The van der Waals surface area contributed by atoms with Crippen LogP contribution in [0.25, 0.3) is 0 Å². The number of hydrogen-bond donors (Lipinski definition) is 4. The molecule has 6 aliphatic rings. The van der Waals surface area contributed by atoms with Crippen molar-refractivity contribution in [1.82, 2.24) is 0 Å². The van der Waals surface area contributed by atoms with E-state index in [9.17, 15) is 25.2 Å². The Morgan fingerprint density at radius 1 is 1.03 bits per heavy atom. The molecule has 220 valence electrons. The summed E-state index contributed by atoms with van der Waals surface area (Å²) >= 11 is 0. The van der Waals surface area contributed by atoms with Gasteiger partial charge in [-0.15, -0.1) is 0 Å². The van der Waals surface area contributed by atoms with Gasteiger partial charge in [-0.2, -0.15) is 0 Å². The topological polar surface area (TPSA) is 107 Å². The summed E-state index contributed by atoms with van der Waals surface area (Å²) in [6.45, 7) is 8.87. The van der Waals surface area contributed by atoms with Crippen LogP contribution in [0.3, 0.4) is 0 Å². The Labute approximate surface area is 234 Å². The number of rotatable bonds is 4. The Hall–Kier alpha value is -0.790. The Bertz CT molecular complexity index is 1000. The molecular formula is C33H52O6. The molecule has 0 aromatic heterocycles. The van der Waals surface area contributed by atoms with Crippen LogP contribution in [-0.2, 0) is 9.53 Å². The van der Waals surface area contributed by atoms with Crippen molar-refractivity contribution in [3.8, 4) is 0 Å². The minimum atomic E-state index is -1.42. The second-order valence-electron chi connectivity index (χ2n) is 15.3. The molecule has 1 heterocycles. The average Bonchev–Trinajstić information content (AvgIpc) is 3.42. The average molecular weight is 545 g/mol. The van der Waals surface area contributed by atoms with Gasteiger partial charge in [0.2, 0.25) is 0 Å². The number of aliphatic hydroxyl groups excluding tert-OH is 2. The largest absolute Gasteiger partial charge is 0.393 e. The highest BCUT2D eigenvalue weighted by molar-refractivity contribution is 5.95. The van der Waals surface area contributed by atoms with Crippen molar-refractivity contribution in [2.45, 2.75) is 134 Å². The Morgan fingerprint density at radius 2 is 1.74 bits per heavy atom. The number of hydrogen-bond acceptors (Lipinski definition) is 6. The zero-order valence-corrected chi connectivity index (χ0v) is 24.6. The molecule has 4 saturated carbocycles. The molecule has 5 fully saturated rings. The van der Waals surface area contributed by atoms with Crippen molar-refractivity contribution < 1.29 is 30.0 Å². The molecule has 6 heteroatoms. The van der Waals surface area contributed by atoms with Crippen LogP contribution in [0.4, 0.5) is 0 Å². The van der Waals surface area contributed by atoms with Gasteiger partial charge in [-0.1, -0.05) is 52.9 Å². The lowest BCUT2D eigenvalue weighted by Gasteiger charge is -2.60. The molecule has 0 spiro atoms. The fourth-order valence-corrected chi connectivity index (χ4v) is 11.1. The predicted octanol–water partition coefficient (Wildman–Crippen LogP) is 4.56. The Balaban J connectivity index is 1.26. The van der Waals surface area contributed by atoms with E-state index in [1.54, 1.807) is 13.0 Å². The summed E-state index contributed by atoms with van der Waals surface area (Å²) in [6, 6.07) is 0. The van der Waals surface area contributed by atoms with Crippen molar-refractivity contribution in [2.24, 2.45) is 46.3 Å². The molecule has 12 atom stereocenters. The van der Waals surface area contributed by atoms with Crippen molar-refractivity contribution in [3.05, 3.63) is 11.6 Å². The third kappa shape index (κ3) is 4.01. The molecule has 0 bridgehead atoms. The molecule has 5 aliphatic carbocycles. The second kappa shape index (κ2) is 9.62. The molecule has 0 aromatic carbocycles. The lowest BCUT2D eigenvalue weighted by atomic mass is 9.46. The van der Waals surface area contributed by atoms with E-state index in [1.807, 2.05) is 0 Å². The number of fused-ring (bicyclic) bond motifs is 5. The van der Waals surface area contributed by atoms with Crippen molar-refractivity contribution in [3.63, 3.8) is 0 Å². The first-order valence-corrected chi connectivity index (χ1v) is 16.0. The smallest absolute Gasteiger partial charge is 0.159 e. The van der Waals surface area contributed by atoms with Crippen LogP contribution in [0.15, 0.2) is 11.6 Å². The molecule has 0 amide bonds. The van der Waals surface area contributed by atoms with E-state index in [0.717, 1.165) is 24.8 Å². The molecule has 4 N–H and O–H groups in total. The molecule has 6 nitrogen and oxygen atoms in total. The van der Waals surface area contributed by atoms with Crippen LogP contribution in [0.5, 0.6) is 0 Å². The van der Waals surface area contributed by atoms with Gasteiger partial charge in [-0.05, 0) is 98.5 Å². The lowest BCUT2D eigenvalue weighted by Crippen LogP contribution is -2.63. The Morgan fingerprint density at radius 3 is 2.46 bits per heavy atom. The van der Waals surface area contributed by atoms with E-state index in [-0.39, 0.29) is 34.9 Å². The van der Waals surface area contributed by atoms with Crippen LogP contribution >= 0.6 is 0 Å². The summed E-state index contributed by atoms with van der Waals surface area (Å²) in [6.07, 6.45) is 10.9. The monoisotopic (exact) mass is 544 g/mol. The maximum atomic E-state index is 13.4. The van der Waals surface area contributed by atoms with Crippen LogP contribution in [-0.4, -0.2) is 62.3 Å². The molecule has 0 aromatic rings. The van der Waals surface area contributed by atoms with Crippen LogP contribution in [0.2, 0.25) is 0 Å². The fourth-order valence-electron chi connectivity index (χ4n) is 11.1. The summed E-state index contributed by atoms with van der Waals surface area (Å²) in [5, 5.41) is 46.7. The van der Waals surface area contributed by atoms with E-state index in [0.29, 0.717) is 44.1 Å². The predicted molar refractivity (Wildman–Crippen MR) is 149 cm³/mol. The Kier molecular flexibility index (Phi) is 6.99. The number of carbonyl (C=O) groups excluding carboxylic acids is 1. The van der Waals surface area contributed by atoms with Crippen molar-refractivity contribution >= 4 is 5.78 Å². The first-order valence-electron chi connectivity index (χ1n) is 16.0. The van der Waals surface area contributed by atoms with Gasteiger partial charge in [-0.3, -0.25) is 4.79 Å². The zero-order chi connectivity index (χ0) is 28.0. The van der Waals surface area contributed by atoms with E-state index in [1.165, 1.54) is 32.1 Å². The van der Waals surface area contributed by atoms with Crippen LogP contribution < -0.4 is 0 Å². The first-order chi connectivity index (χ1) is 18.3. The zero-order valence-electron chi connectivity index (χ0n) is 24.6. The molecule has 39 heavy (non-hydrogen) atoms. The van der Waals surface area contributed by atoms with Gasteiger partial charge in [0.15, 0.2) is 5.78 Å². The van der Waals surface area contributed by atoms with Gasteiger partial charge in [0.25, 0.3) is 0 Å². The van der Waals surface area contributed by atoms with Crippen molar-refractivity contribution in [2.75, 3.05) is 6.61 Å². The van der Waals surface area contributed by atoms with Gasteiger partial charge >= 0.3 is 0 Å². The van der Waals surface area contributed by atoms with E-state index in [2.05, 4.69) is 20.8 Å². The summed E-state index contributed by atoms with van der Waals surface area (Å²) in [5.41, 5.74) is -2.66. The number of ketones is 1. The maximum Gasteiger partial charge on any atom is 0.159 e. The SMILES string of the molecule is C[C@H]1[C@@H]([C@@H](O)[C@@](C)(O)[C@H]2CC[C@@]3(O)C4=CC(=O)[C@@H]5C[C@@H](O)CC[C@]5(C)[C@H]4CC[C@]23C)OC[C@@H]1C1CCCCC1. The minimum Gasteiger partial charge on any atom is -0.393 e. The molecule has 0 unspecified atom stereocenters. The van der Waals surface area contributed by atoms with Gasteiger partial charge in [0, 0.05) is 11.3 Å². The fraction of sp³-hybridized carbons (Fsp3) is 0.909. The quantitative estimate of drug-likeness (QED) is 0.413. The maximum absolute atomic E-state index is 13.4. The molecular weight excluding hydrogens is 492 g/mol. The van der Waals surface area contributed by atoms with Gasteiger partial charge < -0.3 is 25.2 Å². The van der Waals surface area contributed by atoms with E-state index in [4.69, 9.17) is 4.74 Å². The third-order valence-electron chi connectivity index (χ3n) is 13.6. The number of ether oxygens (including phenoxy) is 1. The summed E-state index contributed by atoms with van der Waals surface area (Å²) < 4.78 is 6.26. The summed E-state index contributed by atoms with van der Waals surface area (Å²) in [4.78, 5) is 13.4. The first kappa shape index (κ1) is 28.3. The normalized spacial score (nSPS) is 50.9.